The van der Waals surface area contributed by atoms with Gasteiger partial charge in [0.1, 0.15) is 0 Å². The Bertz CT molecular complexity index is 525. The Morgan fingerprint density at radius 1 is 1.11 bits per heavy atom. The van der Waals surface area contributed by atoms with Crippen molar-refractivity contribution >= 4 is 38.5 Å². The Kier molecular flexibility index (Phi) is 5.85. The highest BCUT2D eigenvalue weighted by atomic mass is 127. The Morgan fingerprint density at radius 3 is 2.42 bits per heavy atom. The van der Waals surface area contributed by atoms with Crippen LogP contribution in [0.1, 0.15) is 22.8 Å². The zero-order valence-electron chi connectivity index (χ0n) is 10.8. The molecule has 0 aliphatic heterocycles. The molecule has 1 atom stereocenters. The first kappa shape index (κ1) is 15.0. The molecule has 1 nitrogen and oxygen atoms in total. The van der Waals surface area contributed by atoms with Crippen LogP contribution >= 0.6 is 38.5 Å². The van der Waals surface area contributed by atoms with E-state index in [1.54, 1.807) is 0 Å². The lowest BCUT2D eigenvalue weighted by Gasteiger charge is -2.18. The zero-order chi connectivity index (χ0) is 13.7. The van der Waals surface area contributed by atoms with Gasteiger partial charge in [0.25, 0.3) is 0 Å². The molecule has 0 heterocycles. The average molecular weight is 431 g/mol. The third kappa shape index (κ3) is 4.29. The fourth-order valence-corrected chi connectivity index (χ4v) is 2.94. The van der Waals surface area contributed by atoms with Gasteiger partial charge in [0.2, 0.25) is 0 Å². The van der Waals surface area contributed by atoms with E-state index in [1.165, 1.54) is 16.7 Å². The second-order valence-electron chi connectivity index (χ2n) is 4.44. The zero-order valence-corrected chi connectivity index (χ0v) is 14.5. The molecule has 100 valence electrons. The van der Waals surface area contributed by atoms with E-state index >= 15 is 0 Å². The first-order valence-corrected chi connectivity index (χ1v) is 8.50. The summed E-state index contributed by atoms with van der Waals surface area (Å²) < 4.78 is 8.12. The minimum absolute atomic E-state index is 0.158. The number of ether oxygens (including phenoxy) is 1. The van der Waals surface area contributed by atoms with Gasteiger partial charge >= 0.3 is 0 Å². The predicted molar refractivity (Wildman–Crippen MR) is 91.7 cm³/mol. The fraction of sp³-hybridized carbons (Fsp3) is 0.250. The topological polar surface area (TPSA) is 9.23 Å². The number of rotatable bonds is 5. The van der Waals surface area contributed by atoms with Crippen LogP contribution in [0.2, 0.25) is 0 Å². The van der Waals surface area contributed by atoms with Crippen LogP contribution in [0, 0.1) is 6.92 Å². The number of hydrogen-bond acceptors (Lipinski definition) is 1. The summed E-state index contributed by atoms with van der Waals surface area (Å²) in [5.41, 5.74) is 3.78. The summed E-state index contributed by atoms with van der Waals surface area (Å²) >= 11 is 5.83. The molecule has 0 aromatic heterocycles. The second kappa shape index (κ2) is 7.41. The molecule has 0 aliphatic rings. The minimum atomic E-state index is 0.158. The van der Waals surface area contributed by atoms with E-state index in [2.05, 4.69) is 81.8 Å². The maximum Gasteiger partial charge on any atom is 0.0921 e. The van der Waals surface area contributed by atoms with Crippen molar-refractivity contribution in [2.75, 3.05) is 4.43 Å². The largest absolute Gasteiger partial charge is 0.368 e. The molecule has 0 bridgehead atoms. The van der Waals surface area contributed by atoms with E-state index in [9.17, 15) is 0 Å². The molecule has 0 saturated heterocycles. The van der Waals surface area contributed by atoms with E-state index < -0.39 is 0 Å². The van der Waals surface area contributed by atoms with Crippen LogP contribution < -0.4 is 0 Å². The van der Waals surface area contributed by atoms with Gasteiger partial charge in [0.05, 0.1) is 12.7 Å². The van der Waals surface area contributed by atoms with E-state index in [4.69, 9.17) is 4.74 Å². The number of benzene rings is 2. The molecule has 2 aromatic carbocycles. The van der Waals surface area contributed by atoms with Gasteiger partial charge in [0, 0.05) is 8.90 Å². The molecule has 2 rings (SSSR count). The summed E-state index contributed by atoms with van der Waals surface area (Å²) in [6.07, 6.45) is 0.158. The van der Waals surface area contributed by atoms with Gasteiger partial charge in [-0.1, -0.05) is 74.9 Å². The van der Waals surface area contributed by atoms with Gasteiger partial charge in [-0.05, 0) is 35.7 Å². The monoisotopic (exact) mass is 430 g/mol. The molecule has 0 aliphatic carbocycles. The van der Waals surface area contributed by atoms with Gasteiger partial charge in [0.15, 0.2) is 0 Å². The van der Waals surface area contributed by atoms with Crippen molar-refractivity contribution in [1.82, 2.24) is 0 Å². The van der Waals surface area contributed by atoms with Crippen LogP contribution in [-0.2, 0) is 11.3 Å². The van der Waals surface area contributed by atoms with Gasteiger partial charge in [-0.3, -0.25) is 0 Å². The fourth-order valence-electron chi connectivity index (χ4n) is 1.94. The SMILES string of the molecule is Cc1ccccc1C(CI)OCc1ccc(Br)cc1. The molecule has 0 amide bonds. The molecule has 2 aromatic rings. The van der Waals surface area contributed by atoms with Crippen molar-refractivity contribution in [3.63, 3.8) is 0 Å². The van der Waals surface area contributed by atoms with E-state index in [0.717, 1.165) is 8.90 Å². The maximum absolute atomic E-state index is 6.06. The molecule has 0 N–H and O–H groups in total. The number of hydrogen-bond donors (Lipinski definition) is 0. The first-order chi connectivity index (χ1) is 9.20. The Morgan fingerprint density at radius 2 is 1.79 bits per heavy atom. The van der Waals surface area contributed by atoms with Crippen molar-refractivity contribution in [3.8, 4) is 0 Å². The molecule has 0 fully saturated rings. The number of aryl methyl sites for hydroxylation is 1. The van der Waals surface area contributed by atoms with E-state index in [0.29, 0.717) is 6.61 Å². The molecule has 3 heteroatoms. The van der Waals surface area contributed by atoms with Gasteiger partial charge in [-0.2, -0.15) is 0 Å². The van der Waals surface area contributed by atoms with Crippen LogP contribution in [0.25, 0.3) is 0 Å². The summed E-state index contributed by atoms with van der Waals surface area (Å²) in [6, 6.07) is 16.7. The Hall–Kier alpha value is -0.390. The number of halogens is 2. The Labute approximate surface area is 136 Å². The standard InChI is InChI=1S/C16H16BrIO/c1-12-4-2-3-5-15(12)16(10-18)19-11-13-6-8-14(17)9-7-13/h2-9,16H,10-11H2,1H3. The highest BCUT2D eigenvalue weighted by Gasteiger charge is 2.12. The third-order valence-electron chi connectivity index (χ3n) is 3.04. The summed E-state index contributed by atoms with van der Waals surface area (Å²) in [5, 5.41) is 0. The lowest BCUT2D eigenvalue weighted by molar-refractivity contribution is 0.0573. The summed E-state index contributed by atoms with van der Waals surface area (Å²) in [6.45, 7) is 2.78. The Balaban J connectivity index is 2.04. The van der Waals surface area contributed by atoms with E-state index in [1.807, 2.05) is 12.1 Å². The van der Waals surface area contributed by atoms with Crippen LogP contribution in [0.3, 0.4) is 0 Å². The van der Waals surface area contributed by atoms with Gasteiger partial charge in [-0.15, -0.1) is 0 Å². The lowest BCUT2D eigenvalue weighted by Crippen LogP contribution is -2.07. The lowest BCUT2D eigenvalue weighted by atomic mass is 10.0. The predicted octanol–water partition coefficient (Wildman–Crippen LogP) is 5.45. The first-order valence-electron chi connectivity index (χ1n) is 6.18. The van der Waals surface area contributed by atoms with Crippen LogP contribution in [-0.4, -0.2) is 4.43 Å². The summed E-state index contributed by atoms with van der Waals surface area (Å²) in [5.74, 6) is 0. The quantitative estimate of drug-likeness (QED) is 0.452. The molecule has 0 spiro atoms. The van der Waals surface area contributed by atoms with Crippen molar-refractivity contribution in [1.29, 1.82) is 0 Å². The van der Waals surface area contributed by atoms with Gasteiger partial charge in [-0.25, -0.2) is 0 Å². The van der Waals surface area contributed by atoms with Gasteiger partial charge < -0.3 is 4.74 Å². The summed E-state index contributed by atoms with van der Waals surface area (Å²) in [4.78, 5) is 0. The highest BCUT2D eigenvalue weighted by molar-refractivity contribution is 14.1. The third-order valence-corrected chi connectivity index (χ3v) is 4.37. The van der Waals surface area contributed by atoms with Crippen LogP contribution in [0.15, 0.2) is 53.0 Å². The molecule has 0 radical (unpaired) electrons. The van der Waals surface area contributed by atoms with Crippen molar-refractivity contribution in [3.05, 3.63) is 69.7 Å². The van der Waals surface area contributed by atoms with Crippen molar-refractivity contribution < 1.29 is 4.74 Å². The molecule has 0 saturated carbocycles. The smallest absolute Gasteiger partial charge is 0.0921 e. The molecule has 19 heavy (non-hydrogen) atoms. The average Bonchev–Trinajstić information content (AvgIpc) is 2.43. The summed E-state index contributed by atoms with van der Waals surface area (Å²) in [7, 11) is 0. The molecule has 1 unspecified atom stereocenters. The van der Waals surface area contributed by atoms with E-state index in [-0.39, 0.29) is 6.10 Å². The second-order valence-corrected chi connectivity index (χ2v) is 6.23. The van der Waals surface area contributed by atoms with Crippen molar-refractivity contribution in [2.24, 2.45) is 0 Å². The highest BCUT2D eigenvalue weighted by Crippen LogP contribution is 2.24. The van der Waals surface area contributed by atoms with Crippen LogP contribution in [0.5, 0.6) is 0 Å². The van der Waals surface area contributed by atoms with Crippen LogP contribution in [0.4, 0.5) is 0 Å². The normalized spacial score (nSPS) is 12.4. The van der Waals surface area contributed by atoms with Crippen molar-refractivity contribution in [2.45, 2.75) is 19.6 Å². The minimum Gasteiger partial charge on any atom is -0.368 e. The number of alkyl halides is 1. The molecular formula is C16H16BrIO. The maximum atomic E-state index is 6.06. The molecular weight excluding hydrogens is 415 g/mol.